The van der Waals surface area contributed by atoms with E-state index < -0.39 is 0 Å². The summed E-state index contributed by atoms with van der Waals surface area (Å²) in [5, 5.41) is 7.69. The van der Waals surface area contributed by atoms with Gasteiger partial charge in [-0.2, -0.15) is 5.10 Å². The second kappa shape index (κ2) is 5.93. The van der Waals surface area contributed by atoms with Crippen molar-refractivity contribution in [2.45, 2.75) is 71.3 Å². The summed E-state index contributed by atoms with van der Waals surface area (Å²) < 4.78 is 1.87. The van der Waals surface area contributed by atoms with Crippen LogP contribution in [0.3, 0.4) is 0 Å². The van der Waals surface area contributed by atoms with Crippen molar-refractivity contribution in [2.75, 3.05) is 5.32 Å². The van der Waals surface area contributed by atoms with Crippen LogP contribution in [-0.2, 0) is 11.0 Å². The highest BCUT2D eigenvalue weighted by Gasteiger charge is 2.28. The first-order valence-electron chi connectivity index (χ1n) is 8.80. The minimum atomic E-state index is -0.238. The normalized spacial score (nSPS) is 15.3. The van der Waals surface area contributed by atoms with Crippen LogP contribution in [-0.4, -0.2) is 25.7 Å². The van der Waals surface area contributed by atoms with E-state index in [2.05, 4.69) is 56.8 Å². The van der Waals surface area contributed by atoms with Gasteiger partial charge in [0.15, 0.2) is 0 Å². The van der Waals surface area contributed by atoms with Gasteiger partial charge in [0.25, 0.3) is 5.91 Å². The van der Waals surface area contributed by atoms with Crippen LogP contribution in [0.4, 0.5) is 5.82 Å². The molecule has 2 aromatic heterocycles. The third-order valence-corrected chi connectivity index (χ3v) is 4.23. The molecule has 25 heavy (non-hydrogen) atoms. The van der Waals surface area contributed by atoms with Gasteiger partial charge in [-0.1, -0.05) is 20.8 Å². The summed E-state index contributed by atoms with van der Waals surface area (Å²) in [5.74, 6) is 1.79. The Morgan fingerprint density at radius 3 is 2.20 bits per heavy atom. The molecule has 1 fully saturated rings. The fourth-order valence-corrected chi connectivity index (χ4v) is 2.54. The van der Waals surface area contributed by atoms with Gasteiger partial charge in [-0.25, -0.2) is 14.6 Å². The second-order valence-corrected chi connectivity index (χ2v) is 8.81. The van der Waals surface area contributed by atoms with Crippen molar-refractivity contribution < 1.29 is 4.79 Å². The van der Waals surface area contributed by atoms with Gasteiger partial charge >= 0.3 is 0 Å². The van der Waals surface area contributed by atoms with Gasteiger partial charge in [0.05, 0.1) is 16.8 Å². The average molecular weight is 341 g/mol. The minimum Gasteiger partial charge on any atom is -0.307 e. The maximum absolute atomic E-state index is 12.6. The Morgan fingerprint density at radius 2 is 1.72 bits per heavy atom. The summed E-state index contributed by atoms with van der Waals surface area (Å²) >= 11 is 0. The van der Waals surface area contributed by atoms with E-state index in [1.165, 1.54) is 0 Å². The largest absolute Gasteiger partial charge is 0.307 e. The molecule has 1 aliphatic rings. The highest BCUT2D eigenvalue weighted by atomic mass is 16.1. The fraction of sp³-hybridized carbons (Fsp3) is 0.579. The lowest BCUT2D eigenvalue weighted by molar-refractivity contribution is 0.102. The first-order chi connectivity index (χ1) is 11.6. The molecule has 1 aliphatic carbocycles. The van der Waals surface area contributed by atoms with Crippen LogP contribution in [0.1, 0.15) is 82.2 Å². The Hall–Kier alpha value is -2.24. The molecule has 1 N–H and O–H groups in total. The molecule has 0 radical (unpaired) electrons. The van der Waals surface area contributed by atoms with Crippen LogP contribution in [0.5, 0.6) is 0 Å². The van der Waals surface area contributed by atoms with Gasteiger partial charge in [-0.3, -0.25) is 4.79 Å². The zero-order chi connectivity index (χ0) is 18.4. The number of anilines is 1. The summed E-state index contributed by atoms with van der Waals surface area (Å²) in [7, 11) is 0. The molecule has 0 aliphatic heterocycles. The van der Waals surface area contributed by atoms with Gasteiger partial charge in [-0.05, 0) is 33.6 Å². The second-order valence-electron chi connectivity index (χ2n) is 8.81. The Bertz CT molecular complexity index is 774. The third kappa shape index (κ3) is 3.89. The van der Waals surface area contributed by atoms with Crippen LogP contribution in [0.15, 0.2) is 18.5 Å². The van der Waals surface area contributed by atoms with E-state index in [1.54, 1.807) is 12.4 Å². The van der Waals surface area contributed by atoms with Crippen molar-refractivity contribution in [2.24, 2.45) is 0 Å². The van der Waals surface area contributed by atoms with Crippen molar-refractivity contribution in [3.8, 4) is 0 Å². The summed E-state index contributed by atoms with van der Waals surface area (Å²) in [6.07, 6.45) is 5.51. The van der Waals surface area contributed by atoms with Crippen molar-refractivity contribution in [1.29, 1.82) is 0 Å². The first-order valence-corrected chi connectivity index (χ1v) is 8.80. The molecule has 134 valence electrons. The lowest BCUT2D eigenvalue weighted by Crippen LogP contribution is -2.27. The SMILES string of the molecule is CC(C)(C)c1cc(NC(=O)c2cnc(C3CC3)nc2)n(C(C)(C)C)n1. The van der Waals surface area contributed by atoms with Crippen LogP contribution in [0.25, 0.3) is 0 Å². The summed E-state index contributed by atoms with van der Waals surface area (Å²) in [6.45, 7) is 12.5. The average Bonchev–Trinajstić information content (AvgIpc) is 3.25. The highest BCUT2D eigenvalue weighted by Crippen LogP contribution is 2.37. The predicted molar refractivity (Wildman–Crippen MR) is 97.9 cm³/mol. The summed E-state index contributed by atoms with van der Waals surface area (Å²) in [5.41, 5.74) is 1.07. The molecule has 1 saturated carbocycles. The third-order valence-electron chi connectivity index (χ3n) is 4.23. The maximum atomic E-state index is 12.6. The Balaban J connectivity index is 1.85. The quantitative estimate of drug-likeness (QED) is 0.920. The summed E-state index contributed by atoms with van der Waals surface area (Å²) in [6, 6.07) is 1.95. The van der Waals surface area contributed by atoms with Gasteiger partial charge in [0.1, 0.15) is 11.6 Å². The number of hydrogen-bond acceptors (Lipinski definition) is 4. The number of nitrogens with zero attached hydrogens (tertiary/aromatic N) is 4. The molecule has 2 heterocycles. The van der Waals surface area contributed by atoms with E-state index in [0.717, 1.165) is 24.4 Å². The van der Waals surface area contributed by atoms with E-state index in [1.807, 2.05) is 10.7 Å². The fourth-order valence-electron chi connectivity index (χ4n) is 2.54. The van der Waals surface area contributed by atoms with Crippen LogP contribution >= 0.6 is 0 Å². The van der Waals surface area contributed by atoms with E-state index in [9.17, 15) is 4.79 Å². The van der Waals surface area contributed by atoms with Crippen molar-refractivity contribution in [3.05, 3.63) is 35.5 Å². The zero-order valence-electron chi connectivity index (χ0n) is 15.9. The van der Waals surface area contributed by atoms with E-state index in [0.29, 0.717) is 17.3 Å². The number of aromatic nitrogens is 4. The number of rotatable bonds is 3. The number of hydrogen-bond donors (Lipinski definition) is 1. The molecule has 0 aromatic carbocycles. The zero-order valence-corrected chi connectivity index (χ0v) is 15.9. The number of amides is 1. The number of carbonyl (C=O) groups excluding carboxylic acids is 1. The van der Waals surface area contributed by atoms with Crippen LogP contribution in [0.2, 0.25) is 0 Å². The Labute approximate surface area is 149 Å². The number of nitrogens with one attached hydrogen (secondary N) is 1. The van der Waals surface area contributed by atoms with Crippen LogP contribution < -0.4 is 5.32 Å². The maximum Gasteiger partial charge on any atom is 0.259 e. The highest BCUT2D eigenvalue weighted by molar-refractivity contribution is 6.03. The van der Waals surface area contributed by atoms with Gasteiger partial charge in [0, 0.05) is 29.8 Å². The molecule has 2 aromatic rings. The lowest BCUT2D eigenvalue weighted by atomic mass is 9.92. The molecule has 0 bridgehead atoms. The predicted octanol–water partition coefficient (Wildman–Crippen LogP) is 3.86. The Kier molecular flexibility index (Phi) is 4.17. The molecule has 6 heteroatoms. The molecular formula is C19H27N5O. The molecular weight excluding hydrogens is 314 g/mol. The van der Waals surface area contributed by atoms with Crippen LogP contribution in [0, 0.1) is 0 Å². The van der Waals surface area contributed by atoms with E-state index in [-0.39, 0.29) is 16.9 Å². The minimum absolute atomic E-state index is 0.0923. The van der Waals surface area contributed by atoms with Gasteiger partial charge < -0.3 is 5.32 Å². The molecule has 6 nitrogen and oxygen atoms in total. The van der Waals surface area contributed by atoms with Crippen molar-refractivity contribution >= 4 is 11.7 Å². The first kappa shape index (κ1) is 17.6. The lowest BCUT2D eigenvalue weighted by Gasteiger charge is -2.23. The molecule has 0 unspecified atom stereocenters. The summed E-state index contributed by atoms with van der Waals surface area (Å²) in [4.78, 5) is 21.3. The Morgan fingerprint density at radius 1 is 1.12 bits per heavy atom. The van der Waals surface area contributed by atoms with Crippen molar-refractivity contribution in [3.63, 3.8) is 0 Å². The molecule has 0 atom stereocenters. The van der Waals surface area contributed by atoms with Gasteiger partial charge in [-0.15, -0.1) is 0 Å². The van der Waals surface area contributed by atoms with Gasteiger partial charge in [0.2, 0.25) is 0 Å². The topological polar surface area (TPSA) is 72.7 Å². The molecule has 0 saturated heterocycles. The molecule has 3 rings (SSSR count). The van der Waals surface area contributed by atoms with E-state index in [4.69, 9.17) is 5.10 Å². The van der Waals surface area contributed by atoms with Crippen molar-refractivity contribution in [1.82, 2.24) is 19.7 Å². The van der Waals surface area contributed by atoms with E-state index >= 15 is 0 Å². The monoisotopic (exact) mass is 341 g/mol. The smallest absolute Gasteiger partial charge is 0.259 e. The number of carbonyl (C=O) groups is 1. The molecule has 1 amide bonds. The molecule has 0 spiro atoms. The standard InChI is InChI=1S/C19H27N5O/c1-18(2,3)14-9-15(24(23-14)19(4,5)6)22-17(25)13-10-20-16(21-11-13)12-7-8-12/h9-12H,7-8H2,1-6H3,(H,22,25).